The number of aliphatic hydroxyl groups is 1. The van der Waals surface area contributed by atoms with Crippen LogP contribution in [-0.4, -0.2) is 10.1 Å². The molecule has 0 bridgehead atoms. The highest BCUT2D eigenvalue weighted by Crippen LogP contribution is 2.19. The highest BCUT2D eigenvalue weighted by atomic mass is 16.3. The van der Waals surface area contributed by atoms with Gasteiger partial charge in [-0.3, -0.25) is 0 Å². The molecule has 0 aliphatic heterocycles. The van der Waals surface area contributed by atoms with Crippen LogP contribution in [0.3, 0.4) is 0 Å². The van der Waals surface area contributed by atoms with E-state index in [0.29, 0.717) is 5.82 Å². The first-order valence-corrected chi connectivity index (χ1v) is 5.13. The summed E-state index contributed by atoms with van der Waals surface area (Å²) in [5, 5.41) is 9.76. The third-order valence-electron chi connectivity index (χ3n) is 2.28. The van der Waals surface area contributed by atoms with E-state index >= 15 is 0 Å². The summed E-state index contributed by atoms with van der Waals surface area (Å²) < 4.78 is 0. The van der Waals surface area contributed by atoms with Gasteiger partial charge in [-0.05, 0) is 18.1 Å². The SMILES string of the molecule is CCCCCC(O)c1ccc(N)nc1. The fourth-order valence-corrected chi connectivity index (χ4v) is 1.37. The van der Waals surface area contributed by atoms with E-state index in [1.807, 2.05) is 6.07 Å². The van der Waals surface area contributed by atoms with Crippen molar-refractivity contribution in [2.45, 2.75) is 38.7 Å². The van der Waals surface area contributed by atoms with Crippen molar-refractivity contribution < 1.29 is 5.11 Å². The molecule has 1 heterocycles. The molecule has 1 atom stereocenters. The molecule has 0 aliphatic rings. The van der Waals surface area contributed by atoms with Crippen LogP contribution in [0, 0.1) is 0 Å². The zero-order valence-corrected chi connectivity index (χ0v) is 8.61. The van der Waals surface area contributed by atoms with Gasteiger partial charge in [0.25, 0.3) is 0 Å². The minimum absolute atomic E-state index is 0.394. The second-order valence-electron chi connectivity index (χ2n) is 3.53. The molecule has 1 rings (SSSR count). The molecule has 0 radical (unpaired) electrons. The van der Waals surface area contributed by atoms with E-state index in [0.717, 1.165) is 18.4 Å². The van der Waals surface area contributed by atoms with E-state index in [-0.39, 0.29) is 0 Å². The zero-order valence-electron chi connectivity index (χ0n) is 8.61. The van der Waals surface area contributed by atoms with Crippen molar-refractivity contribution in [2.24, 2.45) is 0 Å². The maximum Gasteiger partial charge on any atom is 0.123 e. The van der Waals surface area contributed by atoms with Crippen molar-refractivity contribution in [2.75, 3.05) is 5.73 Å². The number of rotatable bonds is 5. The van der Waals surface area contributed by atoms with Crippen LogP contribution in [-0.2, 0) is 0 Å². The predicted octanol–water partition coefficient (Wildman–Crippen LogP) is 2.28. The Morgan fingerprint density at radius 3 is 2.79 bits per heavy atom. The zero-order chi connectivity index (χ0) is 10.4. The highest BCUT2D eigenvalue weighted by Gasteiger charge is 2.06. The van der Waals surface area contributed by atoms with Gasteiger partial charge in [-0.1, -0.05) is 32.3 Å². The standard InChI is InChI=1S/C11H18N2O/c1-2-3-4-5-10(14)9-6-7-11(12)13-8-9/h6-8,10,14H,2-5H2,1H3,(H2,12,13). The molecule has 0 aliphatic carbocycles. The predicted molar refractivity (Wildman–Crippen MR) is 57.8 cm³/mol. The molecule has 0 fully saturated rings. The van der Waals surface area contributed by atoms with Crippen LogP contribution < -0.4 is 5.73 Å². The highest BCUT2D eigenvalue weighted by molar-refractivity contribution is 5.29. The average Bonchev–Trinajstić information content (AvgIpc) is 2.19. The maximum absolute atomic E-state index is 9.76. The molecule has 0 spiro atoms. The quantitative estimate of drug-likeness (QED) is 0.707. The first-order valence-electron chi connectivity index (χ1n) is 5.13. The van der Waals surface area contributed by atoms with Gasteiger partial charge in [0, 0.05) is 6.20 Å². The smallest absolute Gasteiger partial charge is 0.123 e. The summed E-state index contributed by atoms with van der Waals surface area (Å²) in [6.07, 6.45) is 5.45. The number of unbranched alkanes of at least 4 members (excludes halogenated alkanes) is 2. The largest absolute Gasteiger partial charge is 0.388 e. The topological polar surface area (TPSA) is 59.1 Å². The van der Waals surface area contributed by atoms with E-state index < -0.39 is 6.10 Å². The molecule has 1 unspecified atom stereocenters. The Morgan fingerprint density at radius 2 is 2.21 bits per heavy atom. The molecule has 1 aromatic rings. The Balaban J connectivity index is 2.43. The van der Waals surface area contributed by atoms with E-state index in [1.54, 1.807) is 12.3 Å². The summed E-state index contributed by atoms with van der Waals surface area (Å²) in [4.78, 5) is 3.95. The molecule has 14 heavy (non-hydrogen) atoms. The molecule has 3 heteroatoms. The molecule has 0 aromatic carbocycles. The second kappa shape index (κ2) is 5.60. The lowest BCUT2D eigenvalue weighted by molar-refractivity contribution is 0.163. The number of anilines is 1. The molecular weight excluding hydrogens is 176 g/mol. The number of hydrogen-bond acceptors (Lipinski definition) is 3. The molecule has 3 nitrogen and oxygen atoms in total. The Labute approximate surface area is 85.0 Å². The van der Waals surface area contributed by atoms with E-state index in [9.17, 15) is 5.11 Å². The van der Waals surface area contributed by atoms with Gasteiger partial charge in [0.15, 0.2) is 0 Å². The third-order valence-corrected chi connectivity index (χ3v) is 2.28. The van der Waals surface area contributed by atoms with Gasteiger partial charge in [-0.15, -0.1) is 0 Å². The molecule has 3 N–H and O–H groups in total. The lowest BCUT2D eigenvalue weighted by Gasteiger charge is -2.09. The van der Waals surface area contributed by atoms with Gasteiger partial charge in [0.05, 0.1) is 6.10 Å². The van der Waals surface area contributed by atoms with Crippen LogP contribution >= 0.6 is 0 Å². The Bertz CT molecular complexity index is 258. The number of nitrogen functional groups attached to an aromatic ring is 1. The summed E-state index contributed by atoms with van der Waals surface area (Å²) in [6, 6.07) is 3.55. The van der Waals surface area contributed by atoms with Crippen LogP contribution in [0.2, 0.25) is 0 Å². The van der Waals surface area contributed by atoms with Gasteiger partial charge >= 0.3 is 0 Å². The van der Waals surface area contributed by atoms with Gasteiger partial charge in [-0.2, -0.15) is 0 Å². The fraction of sp³-hybridized carbons (Fsp3) is 0.545. The normalized spacial score (nSPS) is 12.7. The van der Waals surface area contributed by atoms with Gasteiger partial charge in [-0.25, -0.2) is 4.98 Å². The van der Waals surface area contributed by atoms with Crippen LogP contribution in [0.15, 0.2) is 18.3 Å². The van der Waals surface area contributed by atoms with Crippen molar-refractivity contribution in [3.05, 3.63) is 23.9 Å². The van der Waals surface area contributed by atoms with E-state index in [2.05, 4.69) is 11.9 Å². The summed E-state index contributed by atoms with van der Waals surface area (Å²) in [7, 11) is 0. The van der Waals surface area contributed by atoms with Crippen molar-refractivity contribution >= 4 is 5.82 Å². The van der Waals surface area contributed by atoms with E-state index in [4.69, 9.17) is 5.73 Å². The van der Waals surface area contributed by atoms with Crippen molar-refractivity contribution in [1.29, 1.82) is 0 Å². The van der Waals surface area contributed by atoms with Crippen LogP contribution in [0.1, 0.15) is 44.3 Å². The Hall–Kier alpha value is -1.09. The summed E-state index contributed by atoms with van der Waals surface area (Å²) in [5.74, 6) is 0.495. The van der Waals surface area contributed by atoms with E-state index in [1.165, 1.54) is 12.8 Å². The molecule has 0 amide bonds. The fourth-order valence-electron chi connectivity index (χ4n) is 1.37. The first kappa shape index (κ1) is 11.0. The lowest BCUT2D eigenvalue weighted by Crippen LogP contribution is -1.99. The van der Waals surface area contributed by atoms with Crippen molar-refractivity contribution in [1.82, 2.24) is 4.98 Å². The molecule has 1 aromatic heterocycles. The Kier molecular flexibility index (Phi) is 4.40. The van der Waals surface area contributed by atoms with Crippen molar-refractivity contribution in [3.63, 3.8) is 0 Å². The van der Waals surface area contributed by atoms with Gasteiger partial charge in [0.2, 0.25) is 0 Å². The summed E-state index contributed by atoms with van der Waals surface area (Å²) in [5.41, 5.74) is 6.31. The minimum Gasteiger partial charge on any atom is -0.388 e. The molecule has 78 valence electrons. The number of aliphatic hydroxyl groups excluding tert-OH is 1. The van der Waals surface area contributed by atoms with Crippen LogP contribution in [0.25, 0.3) is 0 Å². The molecule has 0 saturated heterocycles. The maximum atomic E-state index is 9.76. The van der Waals surface area contributed by atoms with Gasteiger partial charge in [0.1, 0.15) is 5.82 Å². The Morgan fingerprint density at radius 1 is 1.43 bits per heavy atom. The number of hydrogen-bond donors (Lipinski definition) is 2. The third kappa shape index (κ3) is 3.34. The summed E-state index contributed by atoms with van der Waals surface area (Å²) >= 11 is 0. The van der Waals surface area contributed by atoms with Crippen LogP contribution in [0.4, 0.5) is 5.82 Å². The number of nitrogens with zero attached hydrogens (tertiary/aromatic N) is 1. The minimum atomic E-state index is -0.394. The number of aromatic nitrogens is 1. The van der Waals surface area contributed by atoms with Gasteiger partial charge < -0.3 is 10.8 Å². The molecular formula is C11H18N2O. The lowest BCUT2D eigenvalue weighted by atomic mass is 10.1. The number of pyridine rings is 1. The van der Waals surface area contributed by atoms with Crippen LogP contribution in [0.5, 0.6) is 0 Å². The average molecular weight is 194 g/mol. The van der Waals surface area contributed by atoms with Crippen molar-refractivity contribution in [3.8, 4) is 0 Å². The monoisotopic (exact) mass is 194 g/mol. The number of nitrogens with two attached hydrogens (primary N) is 1. The summed E-state index contributed by atoms with van der Waals surface area (Å²) in [6.45, 7) is 2.15. The molecule has 0 saturated carbocycles. The second-order valence-corrected chi connectivity index (χ2v) is 3.53. The first-order chi connectivity index (χ1) is 6.74.